The van der Waals surface area contributed by atoms with Gasteiger partial charge in [-0.2, -0.15) is 0 Å². The highest BCUT2D eigenvalue weighted by atomic mass is 79.9. The van der Waals surface area contributed by atoms with Crippen LogP contribution in [0.4, 0.5) is 8.78 Å². The lowest BCUT2D eigenvalue weighted by molar-refractivity contribution is 0.0738. The summed E-state index contributed by atoms with van der Waals surface area (Å²) in [7, 11) is 1.59. The normalized spacial score (nSPS) is 12.0. The highest BCUT2D eigenvalue weighted by Gasteiger charge is 2.21. The van der Waals surface area contributed by atoms with Crippen LogP contribution in [0.2, 0.25) is 0 Å². The molecule has 0 radical (unpaired) electrons. The van der Waals surface area contributed by atoms with Gasteiger partial charge in [-0.05, 0) is 42.8 Å². The summed E-state index contributed by atoms with van der Waals surface area (Å²) in [5.74, 6) is -1.33. The first-order valence-electron chi connectivity index (χ1n) is 6.38. The Morgan fingerprint density at radius 3 is 2.38 bits per heavy atom. The smallest absolute Gasteiger partial charge is 0.257 e. The molecule has 5 heteroatoms. The van der Waals surface area contributed by atoms with Gasteiger partial charge >= 0.3 is 0 Å². The van der Waals surface area contributed by atoms with Gasteiger partial charge in [0.1, 0.15) is 11.6 Å². The van der Waals surface area contributed by atoms with Crippen LogP contribution in [-0.4, -0.2) is 17.9 Å². The number of carbonyl (C=O) groups is 1. The second-order valence-corrected chi connectivity index (χ2v) is 5.68. The maximum atomic E-state index is 13.8. The summed E-state index contributed by atoms with van der Waals surface area (Å²) in [5.41, 5.74) is 0.781. The van der Waals surface area contributed by atoms with Crippen molar-refractivity contribution in [1.82, 2.24) is 4.90 Å². The molecule has 0 aliphatic carbocycles. The molecule has 0 bridgehead atoms. The highest BCUT2D eigenvalue weighted by Crippen LogP contribution is 2.23. The monoisotopic (exact) mass is 353 g/mol. The molecule has 0 aliphatic heterocycles. The van der Waals surface area contributed by atoms with Crippen molar-refractivity contribution in [1.29, 1.82) is 0 Å². The van der Waals surface area contributed by atoms with E-state index in [0.717, 1.165) is 5.56 Å². The molecule has 0 aromatic heterocycles. The minimum Gasteiger partial charge on any atom is -0.335 e. The molecule has 0 saturated heterocycles. The van der Waals surface area contributed by atoms with Crippen LogP contribution in [0.5, 0.6) is 0 Å². The van der Waals surface area contributed by atoms with E-state index in [0.29, 0.717) is 4.47 Å². The second-order valence-electron chi connectivity index (χ2n) is 4.77. The molecule has 0 aliphatic rings. The largest absolute Gasteiger partial charge is 0.335 e. The maximum absolute atomic E-state index is 13.8. The molecule has 1 unspecified atom stereocenters. The summed E-state index contributed by atoms with van der Waals surface area (Å²) >= 11 is 3.22. The molecule has 0 fully saturated rings. The third kappa shape index (κ3) is 3.47. The second kappa shape index (κ2) is 6.35. The average Bonchev–Trinajstić information content (AvgIpc) is 2.48. The van der Waals surface area contributed by atoms with Gasteiger partial charge in [-0.3, -0.25) is 4.79 Å². The Morgan fingerprint density at radius 2 is 1.76 bits per heavy atom. The van der Waals surface area contributed by atoms with E-state index < -0.39 is 11.7 Å². The fraction of sp³-hybridized carbons (Fsp3) is 0.188. The molecule has 21 heavy (non-hydrogen) atoms. The lowest BCUT2D eigenvalue weighted by atomic mass is 10.1. The van der Waals surface area contributed by atoms with Gasteiger partial charge < -0.3 is 4.90 Å². The lowest BCUT2D eigenvalue weighted by Gasteiger charge is -2.25. The predicted molar refractivity (Wildman–Crippen MR) is 81.0 cm³/mol. The van der Waals surface area contributed by atoms with Gasteiger partial charge in [-0.1, -0.05) is 28.1 Å². The number of nitrogens with zero attached hydrogens (tertiary/aromatic N) is 1. The first-order valence-corrected chi connectivity index (χ1v) is 7.17. The van der Waals surface area contributed by atoms with E-state index in [-0.39, 0.29) is 17.4 Å². The van der Waals surface area contributed by atoms with E-state index in [4.69, 9.17) is 0 Å². The Balaban J connectivity index is 2.26. The zero-order valence-corrected chi connectivity index (χ0v) is 13.2. The fourth-order valence-electron chi connectivity index (χ4n) is 1.99. The van der Waals surface area contributed by atoms with Crippen molar-refractivity contribution in [3.63, 3.8) is 0 Å². The number of halogens is 3. The summed E-state index contributed by atoms with van der Waals surface area (Å²) in [5, 5.41) is 0. The molecule has 1 atom stereocenters. The van der Waals surface area contributed by atoms with E-state index in [9.17, 15) is 13.6 Å². The van der Waals surface area contributed by atoms with Gasteiger partial charge in [0.05, 0.1) is 11.6 Å². The quantitative estimate of drug-likeness (QED) is 0.791. The van der Waals surface area contributed by atoms with E-state index >= 15 is 0 Å². The molecule has 2 rings (SSSR count). The standard InChI is InChI=1S/C16H14BrF2NO/c1-10(11-3-6-13(18)7-4-11)20(2)16(21)14-9-12(17)5-8-15(14)19/h3-10H,1-2H3. The molecular formula is C16H14BrF2NO. The third-order valence-corrected chi connectivity index (χ3v) is 3.91. The van der Waals surface area contributed by atoms with Gasteiger partial charge in [0, 0.05) is 11.5 Å². The van der Waals surface area contributed by atoms with Crippen LogP contribution in [0.3, 0.4) is 0 Å². The molecule has 2 aromatic carbocycles. The van der Waals surface area contributed by atoms with E-state index in [1.165, 1.54) is 35.2 Å². The number of hydrogen-bond donors (Lipinski definition) is 0. The van der Waals surface area contributed by atoms with Crippen LogP contribution >= 0.6 is 15.9 Å². The minimum absolute atomic E-state index is 0.000775. The number of carbonyl (C=O) groups excluding carboxylic acids is 1. The summed E-state index contributed by atoms with van der Waals surface area (Å²) in [6, 6.07) is 9.83. The summed E-state index contributed by atoms with van der Waals surface area (Å²) in [6.45, 7) is 1.81. The topological polar surface area (TPSA) is 20.3 Å². The van der Waals surface area contributed by atoms with E-state index in [1.807, 2.05) is 0 Å². The number of benzene rings is 2. The molecule has 0 spiro atoms. The molecule has 2 nitrogen and oxygen atoms in total. The Kier molecular flexibility index (Phi) is 4.73. The lowest BCUT2D eigenvalue weighted by Crippen LogP contribution is -2.30. The number of hydrogen-bond acceptors (Lipinski definition) is 1. The molecule has 0 heterocycles. The summed E-state index contributed by atoms with van der Waals surface area (Å²) in [4.78, 5) is 13.8. The summed E-state index contributed by atoms with van der Waals surface area (Å²) < 4.78 is 27.4. The van der Waals surface area contributed by atoms with E-state index in [1.54, 1.807) is 26.1 Å². The zero-order valence-electron chi connectivity index (χ0n) is 11.6. The Morgan fingerprint density at radius 1 is 1.14 bits per heavy atom. The fourth-order valence-corrected chi connectivity index (χ4v) is 2.35. The minimum atomic E-state index is -0.568. The number of rotatable bonds is 3. The van der Waals surface area contributed by atoms with Gasteiger partial charge in [0.15, 0.2) is 0 Å². The average molecular weight is 354 g/mol. The van der Waals surface area contributed by atoms with Crippen LogP contribution in [0.15, 0.2) is 46.9 Å². The van der Waals surface area contributed by atoms with Crippen molar-refractivity contribution in [2.75, 3.05) is 7.05 Å². The summed E-state index contributed by atoms with van der Waals surface area (Å²) in [6.07, 6.45) is 0. The van der Waals surface area contributed by atoms with Crippen LogP contribution in [0.25, 0.3) is 0 Å². The zero-order chi connectivity index (χ0) is 15.6. The third-order valence-electron chi connectivity index (χ3n) is 3.41. The van der Waals surface area contributed by atoms with Crippen molar-refractivity contribution in [3.05, 3.63) is 69.7 Å². The van der Waals surface area contributed by atoms with E-state index in [2.05, 4.69) is 15.9 Å². The van der Waals surface area contributed by atoms with Crippen molar-refractivity contribution in [2.24, 2.45) is 0 Å². The molecule has 0 saturated carbocycles. The molecule has 1 amide bonds. The van der Waals surface area contributed by atoms with Crippen molar-refractivity contribution < 1.29 is 13.6 Å². The molecule has 0 N–H and O–H groups in total. The molecule has 110 valence electrons. The SMILES string of the molecule is CC(c1ccc(F)cc1)N(C)C(=O)c1cc(Br)ccc1F. The van der Waals surface area contributed by atoms with Gasteiger partial charge in [0.2, 0.25) is 0 Å². The van der Waals surface area contributed by atoms with Crippen molar-refractivity contribution in [2.45, 2.75) is 13.0 Å². The molecular weight excluding hydrogens is 340 g/mol. The first kappa shape index (κ1) is 15.6. The van der Waals surface area contributed by atoms with Crippen molar-refractivity contribution >= 4 is 21.8 Å². The Hall–Kier alpha value is -1.75. The van der Waals surface area contributed by atoms with Crippen LogP contribution in [-0.2, 0) is 0 Å². The van der Waals surface area contributed by atoms with Gasteiger partial charge in [-0.25, -0.2) is 8.78 Å². The first-order chi connectivity index (χ1) is 9.90. The maximum Gasteiger partial charge on any atom is 0.257 e. The molecule has 2 aromatic rings. The number of amides is 1. The van der Waals surface area contributed by atoms with Crippen molar-refractivity contribution in [3.8, 4) is 0 Å². The van der Waals surface area contributed by atoms with Crippen LogP contribution < -0.4 is 0 Å². The van der Waals surface area contributed by atoms with Gasteiger partial charge in [-0.15, -0.1) is 0 Å². The van der Waals surface area contributed by atoms with Gasteiger partial charge in [0.25, 0.3) is 5.91 Å². The Bertz CT molecular complexity index is 658. The van der Waals surface area contributed by atoms with Crippen LogP contribution in [0.1, 0.15) is 28.9 Å². The Labute approximate surface area is 130 Å². The van der Waals surface area contributed by atoms with Crippen LogP contribution in [0, 0.1) is 11.6 Å². The predicted octanol–water partition coefficient (Wildman–Crippen LogP) is 4.56. The highest BCUT2D eigenvalue weighted by molar-refractivity contribution is 9.10.